The van der Waals surface area contributed by atoms with E-state index in [4.69, 9.17) is 13.3 Å². The summed E-state index contributed by atoms with van der Waals surface area (Å²) < 4.78 is 16.3. The first-order valence-electron chi connectivity index (χ1n) is 8.77. The van der Waals surface area contributed by atoms with Gasteiger partial charge in [0.05, 0.1) is 0 Å². The molecule has 0 fully saturated rings. The van der Waals surface area contributed by atoms with Gasteiger partial charge in [0.15, 0.2) is 0 Å². The van der Waals surface area contributed by atoms with Crippen molar-refractivity contribution in [1.82, 2.24) is 5.32 Å². The molecule has 0 spiro atoms. The molecule has 0 aromatic heterocycles. The highest BCUT2D eigenvalue weighted by molar-refractivity contribution is 6.60. The van der Waals surface area contributed by atoms with Gasteiger partial charge in [0.1, 0.15) is 0 Å². The fraction of sp³-hybridized carbons (Fsp3) is 0.941. The van der Waals surface area contributed by atoms with Crippen LogP contribution in [0.1, 0.15) is 65.7 Å². The van der Waals surface area contributed by atoms with E-state index < -0.39 is 8.80 Å². The molecule has 0 aromatic carbocycles. The average Bonchev–Trinajstić information content (AvgIpc) is 2.55. The minimum absolute atomic E-state index is 0.00822. The van der Waals surface area contributed by atoms with Crippen molar-refractivity contribution in [2.75, 3.05) is 27.9 Å². The Morgan fingerprint density at radius 2 is 1.57 bits per heavy atom. The second-order valence-electron chi connectivity index (χ2n) is 6.90. The third kappa shape index (κ3) is 10.1. The van der Waals surface area contributed by atoms with E-state index in [9.17, 15) is 4.79 Å². The molecule has 0 atom stereocenters. The van der Waals surface area contributed by atoms with E-state index in [1.807, 2.05) is 0 Å². The van der Waals surface area contributed by atoms with Crippen molar-refractivity contribution < 1.29 is 18.1 Å². The maximum Gasteiger partial charge on any atom is 0.500 e. The van der Waals surface area contributed by atoms with Gasteiger partial charge in [0.25, 0.3) is 0 Å². The average molecular weight is 348 g/mol. The number of rotatable bonds is 14. The molecule has 23 heavy (non-hydrogen) atoms. The van der Waals surface area contributed by atoms with Crippen molar-refractivity contribution in [3.63, 3.8) is 0 Å². The summed E-state index contributed by atoms with van der Waals surface area (Å²) >= 11 is 0. The molecule has 1 N–H and O–H groups in total. The molecule has 0 radical (unpaired) electrons. The van der Waals surface area contributed by atoms with Crippen LogP contribution in [0.25, 0.3) is 0 Å². The number of unbranched alkanes of at least 4 members (excludes halogenated alkanes) is 4. The zero-order chi connectivity index (χ0) is 17.8. The van der Waals surface area contributed by atoms with Gasteiger partial charge in [-0.3, -0.25) is 4.79 Å². The van der Waals surface area contributed by atoms with Crippen molar-refractivity contribution in [3.05, 3.63) is 0 Å². The molecule has 6 heteroatoms. The highest BCUT2D eigenvalue weighted by Crippen LogP contribution is 2.27. The Bertz CT molecular complexity index is 311. The summed E-state index contributed by atoms with van der Waals surface area (Å²) in [6, 6.07) is 0.746. The topological polar surface area (TPSA) is 56.8 Å². The largest absolute Gasteiger partial charge is 0.500 e. The van der Waals surface area contributed by atoms with Gasteiger partial charge in [0, 0.05) is 40.3 Å². The highest BCUT2D eigenvalue weighted by Gasteiger charge is 2.39. The minimum Gasteiger partial charge on any atom is -0.377 e. The van der Waals surface area contributed by atoms with Gasteiger partial charge < -0.3 is 18.6 Å². The van der Waals surface area contributed by atoms with E-state index in [0.29, 0.717) is 13.0 Å². The summed E-state index contributed by atoms with van der Waals surface area (Å²) in [5.74, 6) is 0.156. The Morgan fingerprint density at radius 3 is 2.09 bits per heavy atom. The second-order valence-corrected chi connectivity index (χ2v) is 9.99. The Morgan fingerprint density at radius 1 is 1.00 bits per heavy atom. The summed E-state index contributed by atoms with van der Waals surface area (Å²) in [7, 11) is 2.36. The standard InChI is InChI=1S/C17H37NO4Si/c1-7-8-9-10-11-12-16(19)18-15-17(2,3)13-14-23(20-4,21-5)22-6/h7-15H2,1-6H3,(H,18,19). The molecule has 0 saturated heterocycles. The van der Waals surface area contributed by atoms with Crippen LogP contribution in [0.15, 0.2) is 0 Å². The van der Waals surface area contributed by atoms with Crippen LogP contribution in [0.4, 0.5) is 0 Å². The number of hydrogen-bond donors (Lipinski definition) is 1. The van der Waals surface area contributed by atoms with Crippen molar-refractivity contribution in [3.8, 4) is 0 Å². The number of nitrogens with one attached hydrogen (secondary N) is 1. The first kappa shape index (κ1) is 22.6. The van der Waals surface area contributed by atoms with E-state index >= 15 is 0 Å². The molecule has 5 nitrogen and oxygen atoms in total. The van der Waals surface area contributed by atoms with Gasteiger partial charge >= 0.3 is 8.80 Å². The number of amides is 1. The summed E-state index contributed by atoms with van der Waals surface area (Å²) in [5.41, 5.74) is -0.00822. The number of hydrogen-bond acceptors (Lipinski definition) is 4. The van der Waals surface area contributed by atoms with E-state index in [2.05, 4.69) is 26.1 Å². The smallest absolute Gasteiger partial charge is 0.377 e. The van der Waals surface area contributed by atoms with Gasteiger partial charge in [0.2, 0.25) is 5.91 Å². The van der Waals surface area contributed by atoms with Crippen molar-refractivity contribution in [2.45, 2.75) is 71.8 Å². The summed E-state index contributed by atoms with van der Waals surface area (Å²) in [5, 5.41) is 3.06. The fourth-order valence-corrected chi connectivity index (χ4v) is 4.55. The zero-order valence-electron chi connectivity index (χ0n) is 16.0. The van der Waals surface area contributed by atoms with Gasteiger partial charge in [-0.1, -0.05) is 46.5 Å². The molecule has 0 aromatic rings. The Balaban J connectivity index is 4.05. The summed E-state index contributed by atoms with van der Waals surface area (Å²) in [6.07, 6.45) is 7.37. The molecule has 0 saturated carbocycles. The van der Waals surface area contributed by atoms with E-state index in [1.165, 1.54) is 19.3 Å². The van der Waals surface area contributed by atoms with Crippen LogP contribution in [-0.2, 0) is 18.1 Å². The van der Waals surface area contributed by atoms with Crippen LogP contribution >= 0.6 is 0 Å². The monoisotopic (exact) mass is 347 g/mol. The minimum atomic E-state index is -2.53. The van der Waals surface area contributed by atoms with Crippen LogP contribution in [0.2, 0.25) is 6.04 Å². The lowest BCUT2D eigenvalue weighted by Gasteiger charge is -2.30. The molecule has 0 aliphatic carbocycles. The molecule has 0 aliphatic heterocycles. The van der Waals surface area contributed by atoms with Crippen molar-refractivity contribution in [1.29, 1.82) is 0 Å². The van der Waals surface area contributed by atoms with Gasteiger partial charge in [-0.05, 0) is 18.3 Å². The fourth-order valence-electron chi connectivity index (χ4n) is 2.45. The van der Waals surface area contributed by atoms with Gasteiger partial charge in [-0.25, -0.2) is 0 Å². The maximum atomic E-state index is 11.9. The molecule has 0 unspecified atom stereocenters. The van der Waals surface area contributed by atoms with Crippen molar-refractivity contribution in [2.24, 2.45) is 5.41 Å². The quantitative estimate of drug-likeness (QED) is 0.384. The van der Waals surface area contributed by atoms with Gasteiger partial charge in [-0.2, -0.15) is 0 Å². The molecule has 0 rings (SSSR count). The molecule has 1 amide bonds. The highest BCUT2D eigenvalue weighted by atomic mass is 28.4. The van der Waals surface area contributed by atoms with Crippen LogP contribution in [-0.4, -0.2) is 42.6 Å². The molecule has 0 heterocycles. The molecule has 138 valence electrons. The SMILES string of the molecule is CCCCCCCC(=O)NCC(C)(C)CC[Si](OC)(OC)OC. The Kier molecular flexibility index (Phi) is 11.8. The number of carbonyl (C=O) groups is 1. The third-order valence-corrected chi connectivity index (χ3v) is 7.04. The lowest BCUT2D eigenvalue weighted by Crippen LogP contribution is -2.44. The normalized spacial score (nSPS) is 12.4. The summed E-state index contributed by atoms with van der Waals surface area (Å²) in [4.78, 5) is 11.9. The van der Waals surface area contributed by atoms with Crippen LogP contribution in [0, 0.1) is 5.41 Å². The first-order chi connectivity index (χ1) is 10.8. The van der Waals surface area contributed by atoms with Crippen LogP contribution in [0.5, 0.6) is 0 Å². The molecular formula is C17H37NO4Si. The first-order valence-corrected chi connectivity index (χ1v) is 10.7. The lowest BCUT2D eigenvalue weighted by atomic mass is 9.90. The van der Waals surface area contributed by atoms with E-state index in [-0.39, 0.29) is 11.3 Å². The Labute approximate surface area is 143 Å². The number of carbonyl (C=O) groups excluding carboxylic acids is 1. The third-order valence-electron chi connectivity index (χ3n) is 4.31. The molecular weight excluding hydrogens is 310 g/mol. The second kappa shape index (κ2) is 12.0. The maximum absolute atomic E-state index is 11.9. The van der Waals surface area contributed by atoms with Crippen molar-refractivity contribution >= 4 is 14.7 Å². The summed E-state index contributed by atoms with van der Waals surface area (Å²) in [6.45, 7) is 7.16. The predicted octanol–water partition coefficient (Wildman–Crippen LogP) is 3.76. The van der Waals surface area contributed by atoms with Crippen LogP contribution in [0.3, 0.4) is 0 Å². The van der Waals surface area contributed by atoms with Gasteiger partial charge in [-0.15, -0.1) is 0 Å². The molecule has 0 bridgehead atoms. The predicted molar refractivity (Wildman–Crippen MR) is 96.4 cm³/mol. The van der Waals surface area contributed by atoms with E-state index in [0.717, 1.165) is 25.3 Å². The van der Waals surface area contributed by atoms with E-state index in [1.54, 1.807) is 21.3 Å². The lowest BCUT2D eigenvalue weighted by molar-refractivity contribution is -0.121. The molecule has 0 aliphatic rings. The van der Waals surface area contributed by atoms with Crippen LogP contribution < -0.4 is 5.32 Å². The Hall–Kier alpha value is -0.433. The zero-order valence-corrected chi connectivity index (χ0v) is 17.0.